The van der Waals surface area contributed by atoms with Gasteiger partial charge in [-0.2, -0.15) is 0 Å². The van der Waals surface area contributed by atoms with Crippen molar-refractivity contribution in [2.45, 2.75) is 90.1 Å². The summed E-state index contributed by atoms with van der Waals surface area (Å²) >= 11 is 0. The van der Waals surface area contributed by atoms with Gasteiger partial charge in [0.15, 0.2) is 0 Å². The molecule has 1 rings (SSSR count). The van der Waals surface area contributed by atoms with Gasteiger partial charge in [0.1, 0.15) is 0 Å². The number of carbonyl (C=O) groups is 1. The van der Waals surface area contributed by atoms with Crippen molar-refractivity contribution < 1.29 is 15.0 Å². The Hall–Kier alpha value is -1.35. The number of aliphatic hydroxyl groups excluding tert-OH is 1. The first-order chi connectivity index (χ1) is 12.6. The summed E-state index contributed by atoms with van der Waals surface area (Å²) in [6.07, 6.45) is 24.6. The number of rotatable bonds is 16. The Labute approximate surface area is 159 Å². The molecule has 0 unspecified atom stereocenters. The van der Waals surface area contributed by atoms with E-state index in [1.54, 1.807) is 0 Å². The Morgan fingerprint density at radius 2 is 1.69 bits per heavy atom. The molecule has 0 aromatic carbocycles. The smallest absolute Gasteiger partial charge is 0.303 e. The number of unbranched alkanes of at least 4 members (excludes halogenated alkanes) is 4. The molecule has 0 aromatic heterocycles. The monoisotopic (exact) mass is 362 g/mol. The maximum Gasteiger partial charge on any atom is 0.303 e. The summed E-state index contributed by atoms with van der Waals surface area (Å²) in [7, 11) is 0. The molecule has 148 valence electrons. The van der Waals surface area contributed by atoms with Gasteiger partial charge in [-0.05, 0) is 69.6 Å². The van der Waals surface area contributed by atoms with Crippen LogP contribution in [0.4, 0.5) is 0 Å². The molecule has 3 heteroatoms. The number of carboxylic acid groups (broad SMARTS) is 1. The van der Waals surface area contributed by atoms with Crippen LogP contribution in [-0.2, 0) is 4.79 Å². The van der Waals surface area contributed by atoms with Crippen molar-refractivity contribution in [3.8, 4) is 0 Å². The topological polar surface area (TPSA) is 57.5 Å². The zero-order valence-corrected chi connectivity index (χ0v) is 16.5. The highest BCUT2D eigenvalue weighted by atomic mass is 16.4. The van der Waals surface area contributed by atoms with Crippen LogP contribution in [0, 0.1) is 11.8 Å². The van der Waals surface area contributed by atoms with Crippen molar-refractivity contribution in [1.29, 1.82) is 0 Å². The van der Waals surface area contributed by atoms with Gasteiger partial charge >= 0.3 is 5.97 Å². The Balaban J connectivity index is 2.20. The van der Waals surface area contributed by atoms with E-state index >= 15 is 0 Å². The van der Waals surface area contributed by atoms with Gasteiger partial charge in [-0.25, -0.2) is 0 Å². The number of aliphatic carboxylic acids is 1. The largest absolute Gasteiger partial charge is 0.481 e. The van der Waals surface area contributed by atoms with E-state index in [-0.39, 0.29) is 12.5 Å². The Morgan fingerprint density at radius 3 is 2.38 bits per heavy atom. The fourth-order valence-corrected chi connectivity index (χ4v) is 3.27. The average Bonchev–Trinajstić information content (AvgIpc) is 3.44. The molecule has 0 radical (unpaired) electrons. The molecule has 1 saturated carbocycles. The van der Waals surface area contributed by atoms with Crippen molar-refractivity contribution in [2.24, 2.45) is 11.8 Å². The van der Waals surface area contributed by atoms with Gasteiger partial charge < -0.3 is 10.2 Å². The van der Waals surface area contributed by atoms with Crippen LogP contribution >= 0.6 is 0 Å². The minimum absolute atomic E-state index is 0.231. The first kappa shape index (κ1) is 22.7. The molecule has 0 saturated heterocycles. The van der Waals surface area contributed by atoms with Crippen LogP contribution in [0.1, 0.15) is 84.0 Å². The van der Waals surface area contributed by atoms with E-state index in [9.17, 15) is 9.90 Å². The molecular formula is C23H38O3. The minimum atomic E-state index is -0.733. The number of hydrogen-bond acceptors (Lipinski definition) is 2. The SMILES string of the molecule is CCCCCC=CCC[C@@H](C1CC1)[C@H](O)C=CCC=CCCCC(=O)O. The Morgan fingerprint density at radius 1 is 1.00 bits per heavy atom. The molecule has 0 bridgehead atoms. The molecule has 0 amide bonds. The van der Waals surface area contributed by atoms with E-state index in [4.69, 9.17) is 5.11 Å². The zero-order valence-electron chi connectivity index (χ0n) is 16.5. The lowest BCUT2D eigenvalue weighted by atomic mass is 9.91. The van der Waals surface area contributed by atoms with Gasteiger partial charge in [0.05, 0.1) is 6.10 Å². The average molecular weight is 363 g/mol. The lowest BCUT2D eigenvalue weighted by molar-refractivity contribution is -0.137. The van der Waals surface area contributed by atoms with E-state index in [0.717, 1.165) is 25.7 Å². The highest BCUT2D eigenvalue weighted by Crippen LogP contribution is 2.41. The molecule has 2 N–H and O–H groups in total. The Bertz CT molecular complexity index is 446. The van der Waals surface area contributed by atoms with E-state index in [1.165, 1.54) is 38.5 Å². The maximum atomic E-state index is 10.5. The van der Waals surface area contributed by atoms with Gasteiger partial charge in [-0.15, -0.1) is 0 Å². The summed E-state index contributed by atoms with van der Waals surface area (Å²) in [5, 5.41) is 19.1. The molecule has 1 aliphatic rings. The van der Waals surface area contributed by atoms with Crippen molar-refractivity contribution in [1.82, 2.24) is 0 Å². The first-order valence-electron chi connectivity index (χ1n) is 10.5. The first-order valence-corrected chi connectivity index (χ1v) is 10.5. The van der Waals surface area contributed by atoms with Crippen LogP contribution in [0.15, 0.2) is 36.5 Å². The van der Waals surface area contributed by atoms with Gasteiger partial charge in [-0.1, -0.05) is 56.2 Å². The fraction of sp³-hybridized carbons (Fsp3) is 0.696. The number of aliphatic hydroxyl groups is 1. The van der Waals surface area contributed by atoms with E-state index in [1.807, 2.05) is 18.2 Å². The fourth-order valence-electron chi connectivity index (χ4n) is 3.27. The normalized spacial score (nSPS) is 17.5. The van der Waals surface area contributed by atoms with Crippen molar-refractivity contribution in [2.75, 3.05) is 0 Å². The third-order valence-electron chi connectivity index (χ3n) is 5.01. The summed E-state index contributed by atoms with van der Waals surface area (Å²) in [5.41, 5.74) is 0. The lowest BCUT2D eigenvalue weighted by Gasteiger charge is -2.19. The van der Waals surface area contributed by atoms with Gasteiger partial charge in [0.25, 0.3) is 0 Å². The van der Waals surface area contributed by atoms with Crippen LogP contribution in [0.5, 0.6) is 0 Å². The van der Waals surface area contributed by atoms with E-state index in [2.05, 4.69) is 25.2 Å². The van der Waals surface area contributed by atoms with Gasteiger partial charge in [-0.3, -0.25) is 4.79 Å². The third-order valence-corrected chi connectivity index (χ3v) is 5.01. The molecule has 1 aliphatic carbocycles. The van der Waals surface area contributed by atoms with Crippen LogP contribution < -0.4 is 0 Å². The second kappa shape index (κ2) is 14.8. The summed E-state index contributed by atoms with van der Waals surface area (Å²) in [6.45, 7) is 2.23. The second-order valence-corrected chi connectivity index (χ2v) is 7.46. The van der Waals surface area contributed by atoms with Gasteiger partial charge in [0, 0.05) is 6.42 Å². The molecule has 3 nitrogen and oxygen atoms in total. The summed E-state index contributed by atoms with van der Waals surface area (Å²) in [4.78, 5) is 10.4. The van der Waals surface area contributed by atoms with Crippen LogP contribution in [0.2, 0.25) is 0 Å². The number of carboxylic acids is 1. The summed E-state index contributed by atoms with van der Waals surface area (Å²) < 4.78 is 0. The van der Waals surface area contributed by atoms with Gasteiger partial charge in [0.2, 0.25) is 0 Å². The third kappa shape index (κ3) is 12.1. The number of hydrogen-bond donors (Lipinski definition) is 2. The molecule has 26 heavy (non-hydrogen) atoms. The highest BCUT2D eigenvalue weighted by molar-refractivity contribution is 5.66. The highest BCUT2D eigenvalue weighted by Gasteiger charge is 2.34. The quantitative estimate of drug-likeness (QED) is 0.260. The molecule has 0 aromatic rings. The number of allylic oxidation sites excluding steroid dienone is 5. The van der Waals surface area contributed by atoms with Crippen molar-refractivity contribution in [3.05, 3.63) is 36.5 Å². The van der Waals surface area contributed by atoms with Crippen LogP contribution in [0.25, 0.3) is 0 Å². The van der Waals surface area contributed by atoms with Crippen LogP contribution in [-0.4, -0.2) is 22.3 Å². The maximum absolute atomic E-state index is 10.5. The molecular weight excluding hydrogens is 324 g/mol. The minimum Gasteiger partial charge on any atom is -0.481 e. The Kier molecular flexibility index (Phi) is 12.9. The zero-order chi connectivity index (χ0) is 19.0. The van der Waals surface area contributed by atoms with E-state index < -0.39 is 5.97 Å². The van der Waals surface area contributed by atoms with E-state index in [0.29, 0.717) is 18.3 Å². The summed E-state index contributed by atoms with van der Waals surface area (Å²) in [6, 6.07) is 0. The molecule has 0 spiro atoms. The standard InChI is InChI=1S/C23H38O3/c1-2-3-4-5-6-9-12-15-21(20-18-19-20)22(24)16-13-10-7-8-11-14-17-23(25)26/h6-9,13,16,20-22,24H,2-5,10-12,14-15,17-19H2,1H3,(H,25,26)/t21-,22+/m0/s1. The molecule has 0 aliphatic heterocycles. The van der Waals surface area contributed by atoms with Crippen molar-refractivity contribution >= 4 is 5.97 Å². The second-order valence-electron chi connectivity index (χ2n) is 7.46. The predicted molar refractivity (Wildman–Crippen MR) is 109 cm³/mol. The molecule has 0 heterocycles. The summed E-state index contributed by atoms with van der Waals surface area (Å²) in [5.74, 6) is 0.365. The molecule has 2 atom stereocenters. The lowest BCUT2D eigenvalue weighted by Crippen LogP contribution is -2.20. The predicted octanol–water partition coefficient (Wildman–Crippen LogP) is 6.05. The molecule has 1 fully saturated rings. The van der Waals surface area contributed by atoms with Crippen LogP contribution in [0.3, 0.4) is 0 Å². The van der Waals surface area contributed by atoms with Crippen molar-refractivity contribution in [3.63, 3.8) is 0 Å².